The van der Waals surface area contributed by atoms with E-state index in [1.165, 1.54) is 25.7 Å². The summed E-state index contributed by atoms with van der Waals surface area (Å²) in [6.45, 7) is 4.04. The van der Waals surface area contributed by atoms with Gasteiger partial charge in [0.05, 0.1) is 36.6 Å². The Kier molecular flexibility index (Phi) is 6.99. The molecular formula is C41H49BrN2O8. The van der Waals surface area contributed by atoms with E-state index in [2.05, 4.69) is 11.9 Å². The maximum Gasteiger partial charge on any atom is 0.174 e. The molecule has 0 amide bonds. The van der Waals surface area contributed by atoms with Gasteiger partial charge in [-0.3, -0.25) is 14.5 Å². The number of carbonyl (C=O) groups is 2. The average molecular weight is 778 g/mol. The highest BCUT2D eigenvalue weighted by molar-refractivity contribution is 5.91. The van der Waals surface area contributed by atoms with E-state index in [-0.39, 0.29) is 52.1 Å². The third kappa shape index (κ3) is 4.00. The molecule has 6 fully saturated rings. The van der Waals surface area contributed by atoms with Crippen LogP contribution in [-0.2, 0) is 33.3 Å². The van der Waals surface area contributed by atoms with Crippen LogP contribution in [0, 0.1) is 11.8 Å². The lowest BCUT2D eigenvalue weighted by Gasteiger charge is -2.64. The molecule has 0 radical (unpaired) electrons. The van der Waals surface area contributed by atoms with Gasteiger partial charge in [0.1, 0.15) is 11.6 Å². The predicted octanol–water partition coefficient (Wildman–Crippen LogP) is 0.199. The second-order valence-electron chi connectivity index (χ2n) is 18.3. The molecule has 52 heavy (non-hydrogen) atoms. The van der Waals surface area contributed by atoms with Crippen LogP contribution in [0.4, 0.5) is 0 Å². The van der Waals surface area contributed by atoms with E-state index in [9.17, 15) is 30.0 Å². The molecule has 2 aromatic rings. The van der Waals surface area contributed by atoms with Crippen LogP contribution in [0.2, 0.25) is 0 Å². The lowest BCUT2D eigenvalue weighted by Crippen LogP contribution is -3.00. The van der Waals surface area contributed by atoms with Crippen molar-refractivity contribution in [3.8, 4) is 23.0 Å². The summed E-state index contributed by atoms with van der Waals surface area (Å²) < 4.78 is 13.0. The number of hydrogen-bond acceptors (Lipinski definition) is 9. The zero-order chi connectivity index (χ0) is 34.9. The van der Waals surface area contributed by atoms with Crippen molar-refractivity contribution in [2.45, 2.75) is 123 Å². The van der Waals surface area contributed by atoms with E-state index in [4.69, 9.17) is 9.47 Å². The Labute approximate surface area is 314 Å². The molecule has 4 aliphatic heterocycles. The zero-order valence-electron chi connectivity index (χ0n) is 29.8. The fourth-order valence-electron chi connectivity index (χ4n) is 13.2. The number of ether oxygens (including phenoxy) is 2. The van der Waals surface area contributed by atoms with Crippen molar-refractivity contribution in [3.63, 3.8) is 0 Å². The Hall–Kier alpha value is -2.70. The monoisotopic (exact) mass is 776 g/mol. The van der Waals surface area contributed by atoms with Crippen molar-refractivity contribution in [2.24, 2.45) is 11.8 Å². The fraction of sp³-hybridized carbons (Fsp3) is 0.659. The second-order valence-corrected chi connectivity index (χ2v) is 18.3. The number of aliphatic hydroxyl groups is 2. The molecule has 4 N–H and O–H groups in total. The number of carbonyl (C=O) groups excluding carboxylic acids is 2. The quantitative estimate of drug-likeness (QED) is 0.322. The molecule has 10 nitrogen and oxygen atoms in total. The van der Waals surface area contributed by atoms with Crippen LogP contribution in [0.25, 0.3) is 0 Å². The Bertz CT molecular complexity index is 1930. The molecule has 2 spiro atoms. The van der Waals surface area contributed by atoms with Crippen molar-refractivity contribution >= 4 is 11.6 Å². The summed E-state index contributed by atoms with van der Waals surface area (Å²) in [6, 6.07) is 7.47. The molecule has 9 atom stereocenters. The molecule has 2 unspecified atom stereocenters. The minimum absolute atomic E-state index is 0. The van der Waals surface area contributed by atoms with E-state index < -0.39 is 34.2 Å². The molecular weight excluding hydrogens is 728 g/mol. The van der Waals surface area contributed by atoms with Gasteiger partial charge in [0.25, 0.3) is 0 Å². The van der Waals surface area contributed by atoms with Gasteiger partial charge in [-0.2, -0.15) is 0 Å². The summed E-state index contributed by atoms with van der Waals surface area (Å²) in [6.07, 6.45) is 8.74. The number of benzene rings is 2. The molecule has 12 rings (SSSR count). The Morgan fingerprint density at radius 2 is 1.33 bits per heavy atom. The number of halogens is 1. The Morgan fingerprint density at radius 3 is 1.92 bits per heavy atom. The lowest BCUT2D eigenvalue weighted by atomic mass is 9.48. The summed E-state index contributed by atoms with van der Waals surface area (Å²) in [5, 5.41) is 44.8. The first kappa shape index (κ1) is 33.8. The number of ketones is 2. The van der Waals surface area contributed by atoms with Gasteiger partial charge >= 0.3 is 0 Å². The van der Waals surface area contributed by atoms with Crippen LogP contribution in [0.5, 0.6) is 23.0 Å². The Morgan fingerprint density at radius 1 is 0.769 bits per heavy atom. The standard InChI is InChI=1S/C21H25NO4.C20H23NO4.BrH/c1-22(11-12-2-3-12)9-8-20-17-13-4-5-14(23)18(17)26-19(20)15(24)6-7-21(20,25)16(22)10-13;22-13-4-3-12-9-15-20(24)6-5-14(23)18-19(20,16(12)17(13)25-18)7-8-21(15)10-11-1-2-11;/h4-5,12,16,19,25H,2-3,6-11H2,1H3;3-4,11,15,18,22,24H,1-2,5-10H2;1H/t16?,19-,20-,21+,22+;15?,18-,19-,20+;/m11./s1. The van der Waals surface area contributed by atoms with E-state index in [1.54, 1.807) is 12.1 Å². The number of nitrogens with zero attached hydrogens (tertiary/aromatic N) is 2. The van der Waals surface area contributed by atoms with Crippen molar-refractivity contribution in [3.05, 3.63) is 46.5 Å². The molecule has 11 heteroatoms. The first-order valence-corrected chi connectivity index (χ1v) is 19.6. The molecule has 2 aromatic carbocycles. The fourth-order valence-corrected chi connectivity index (χ4v) is 13.2. The summed E-state index contributed by atoms with van der Waals surface area (Å²) in [5.74, 6) is 2.81. The van der Waals surface area contributed by atoms with Gasteiger partial charge < -0.3 is 51.4 Å². The summed E-state index contributed by atoms with van der Waals surface area (Å²) in [5.41, 5.74) is 0.946. The number of rotatable bonds is 4. The third-order valence-electron chi connectivity index (χ3n) is 15.8. The molecule has 4 bridgehead atoms. The van der Waals surface area contributed by atoms with E-state index in [1.807, 2.05) is 12.1 Å². The number of likely N-dealkylation sites (tertiary alicyclic amines) is 2. The second kappa shape index (κ2) is 10.7. The summed E-state index contributed by atoms with van der Waals surface area (Å²) in [7, 11) is 2.31. The van der Waals surface area contributed by atoms with Gasteiger partial charge in [0.15, 0.2) is 46.8 Å². The van der Waals surface area contributed by atoms with Gasteiger partial charge in [-0.1, -0.05) is 12.1 Å². The largest absolute Gasteiger partial charge is 1.00 e. The van der Waals surface area contributed by atoms with Crippen LogP contribution >= 0.6 is 0 Å². The van der Waals surface area contributed by atoms with Gasteiger partial charge in [-0.25, -0.2) is 0 Å². The number of Topliss-reactive ketones (excluding diaryl/α,β-unsaturated/α-hetero) is 2. The molecule has 4 saturated carbocycles. The predicted molar refractivity (Wildman–Crippen MR) is 184 cm³/mol. The van der Waals surface area contributed by atoms with E-state index in [0.717, 1.165) is 90.4 Å². The highest BCUT2D eigenvalue weighted by atomic mass is 79.9. The van der Waals surface area contributed by atoms with Crippen molar-refractivity contribution in [1.29, 1.82) is 0 Å². The molecule has 6 aliphatic carbocycles. The lowest BCUT2D eigenvalue weighted by molar-refractivity contribution is -0.950. The highest BCUT2D eigenvalue weighted by Crippen LogP contribution is 2.67. The van der Waals surface area contributed by atoms with Crippen molar-refractivity contribution in [1.82, 2.24) is 4.90 Å². The third-order valence-corrected chi connectivity index (χ3v) is 15.8. The van der Waals surface area contributed by atoms with Gasteiger partial charge in [-0.05, 0) is 87.1 Å². The number of phenols is 2. The SMILES string of the molecule is C[N@@+]1(CC2CC2)CC[C@@]23c4c5ccc(O)c4O[C@@H]2C(=O)CC[C@]3(O)C1C5.O=C1CC[C@]2(O)C3Cc4ccc(O)c5c4[C@]2(CCN3CC2CC2)[C@@H]1O5.[Br-]. The molecule has 4 heterocycles. The van der Waals surface area contributed by atoms with Crippen molar-refractivity contribution < 1.29 is 61.0 Å². The number of piperidine rings is 2. The van der Waals surface area contributed by atoms with Crippen LogP contribution in [0.15, 0.2) is 24.3 Å². The van der Waals surface area contributed by atoms with Crippen LogP contribution < -0.4 is 26.5 Å². The van der Waals surface area contributed by atoms with Crippen molar-refractivity contribution in [2.75, 3.05) is 33.2 Å². The zero-order valence-corrected chi connectivity index (χ0v) is 31.4. The minimum Gasteiger partial charge on any atom is -1.00 e. The van der Waals surface area contributed by atoms with Gasteiger partial charge in [0, 0.05) is 55.3 Å². The Balaban J connectivity index is 0.000000128. The maximum atomic E-state index is 12.8. The molecule has 0 aromatic heterocycles. The summed E-state index contributed by atoms with van der Waals surface area (Å²) >= 11 is 0. The highest BCUT2D eigenvalue weighted by Gasteiger charge is 2.77. The minimum atomic E-state index is -0.940. The molecule has 2 saturated heterocycles. The number of hydrogen-bond donors (Lipinski definition) is 4. The topological polar surface area (TPSA) is 137 Å². The summed E-state index contributed by atoms with van der Waals surface area (Å²) in [4.78, 5) is 28.0. The van der Waals surface area contributed by atoms with Gasteiger partial charge in [0.2, 0.25) is 0 Å². The van der Waals surface area contributed by atoms with E-state index >= 15 is 0 Å². The van der Waals surface area contributed by atoms with Crippen LogP contribution in [0.1, 0.15) is 86.5 Å². The number of aromatic hydroxyl groups is 2. The average Bonchev–Trinajstić information content (AvgIpc) is 4.03. The van der Waals surface area contributed by atoms with Crippen LogP contribution in [-0.4, -0.2) is 110 Å². The number of likely N-dealkylation sites (N-methyl/N-ethyl adjacent to an activating group) is 1. The van der Waals surface area contributed by atoms with Crippen LogP contribution in [0.3, 0.4) is 0 Å². The molecule has 10 aliphatic rings. The first-order chi connectivity index (χ1) is 24.4. The normalized spacial score (nSPS) is 42.5. The smallest absolute Gasteiger partial charge is 0.174 e. The molecule has 278 valence electrons. The first-order valence-electron chi connectivity index (χ1n) is 19.6. The number of phenolic OH excluding ortho intramolecular Hbond substituents is 2. The van der Waals surface area contributed by atoms with Gasteiger partial charge in [-0.15, -0.1) is 0 Å². The number of quaternary nitrogens is 1. The van der Waals surface area contributed by atoms with E-state index in [0.29, 0.717) is 37.2 Å². The maximum absolute atomic E-state index is 12.8.